The Balaban J connectivity index is 0.958. The van der Waals surface area contributed by atoms with E-state index in [4.69, 9.17) is 14.1 Å². The zero-order chi connectivity index (χ0) is 41.5. The molecule has 0 saturated heterocycles. The molecule has 1 N–H and O–H groups in total. The van der Waals surface area contributed by atoms with Gasteiger partial charge in [-0.25, -0.2) is 4.99 Å². The van der Waals surface area contributed by atoms with E-state index in [0.29, 0.717) is 0 Å². The molecule has 0 saturated carbocycles. The van der Waals surface area contributed by atoms with Crippen LogP contribution in [0.25, 0.3) is 61.0 Å². The number of aliphatic imine (C=N–C) groups is 1. The van der Waals surface area contributed by atoms with Gasteiger partial charge in [-0.05, 0) is 57.2 Å². The fourth-order valence-corrected chi connectivity index (χ4v) is 10.5. The summed E-state index contributed by atoms with van der Waals surface area (Å²) in [6, 6.07) is 75.3. The number of furan rings is 1. The first-order valence-corrected chi connectivity index (χ1v) is 21.6. The Morgan fingerprint density at radius 1 is 0.429 bits per heavy atom. The Morgan fingerprint density at radius 2 is 1.02 bits per heavy atom. The van der Waals surface area contributed by atoms with E-state index in [1.807, 2.05) is 18.2 Å². The highest BCUT2D eigenvalue weighted by molar-refractivity contribution is 6.09. The molecular weight excluding hydrogens is 769 g/mol. The van der Waals surface area contributed by atoms with Crippen molar-refractivity contribution in [1.29, 1.82) is 0 Å². The molecular formula is C59H38N2O2. The molecule has 296 valence electrons. The summed E-state index contributed by atoms with van der Waals surface area (Å²) in [6.45, 7) is 0. The van der Waals surface area contributed by atoms with E-state index in [1.54, 1.807) is 0 Å². The molecule has 4 heteroatoms. The molecule has 3 aliphatic rings. The summed E-state index contributed by atoms with van der Waals surface area (Å²) in [7, 11) is 0. The van der Waals surface area contributed by atoms with Crippen LogP contribution in [0.3, 0.4) is 0 Å². The average Bonchev–Trinajstić information content (AvgIpc) is 3.88. The van der Waals surface area contributed by atoms with Crippen molar-refractivity contribution in [3.05, 3.63) is 257 Å². The average molecular weight is 807 g/mol. The Bertz CT molecular complexity index is 3480. The topological polar surface area (TPSA) is 46.8 Å². The summed E-state index contributed by atoms with van der Waals surface area (Å²) >= 11 is 0. The molecule has 63 heavy (non-hydrogen) atoms. The first kappa shape index (κ1) is 35.5. The number of fused-ring (bicyclic) bond motifs is 12. The van der Waals surface area contributed by atoms with Crippen molar-refractivity contribution in [3.8, 4) is 44.9 Å². The lowest BCUT2D eigenvalue weighted by atomic mass is 9.65. The van der Waals surface area contributed by atoms with Gasteiger partial charge in [-0.15, -0.1) is 0 Å². The number of rotatable bonds is 5. The van der Waals surface area contributed by atoms with Crippen LogP contribution in [0.15, 0.2) is 228 Å². The fourth-order valence-electron chi connectivity index (χ4n) is 10.5. The van der Waals surface area contributed by atoms with E-state index in [9.17, 15) is 0 Å². The maximum absolute atomic E-state index is 7.12. The van der Waals surface area contributed by atoms with Crippen molar-refractivity contribution in [2.45, 2.75) is 11.5 Å². The van der Waals surface area contributed by atoms with Gasteiger partial charge in [0.05, 0.1) is 17.2 Å². The molecule has 0 radical (unpaired) electrons. The highest BCUT2D eigenvalue weighted by Crippen LogP contribution is 2.63. The minimum atomic E-state index is -0.553. The molecule has 1 spiro atoms. The molecule has 9 aromatic carbocycles. The van der Waals surface area contributed by atoms with Crippen LogP contribution < -0.4 is 10.1 Å². The minimum absolute atomic E-state index is 0.153. The molecule has 1 atom stereocenters. The predicted molar refractivity (Wildman–Crippen MR) is 255 cm³/mol. The summed E-state index contributed by atoms with van der Waals surface area (Å²) in [6.07, 6.45) is 2.26. The molecule has 1 aromatic heterocycles. The van der Waals surface area contributed by atoms with Crippen molar-refractivity contribution >= 4 is 33.5 Å². The van der Waals surface area contributed by atoms with Gasteiger partial charge in [-0.3, -0.25) is 0 Å². The maximum atomic E-state index is 7.12. The van der Waals surface area contributed by atoms with Crippen molar-refractivity contribution in [3.63, 3.8) is 0 Å². The van der Waals surface area contributed by atoms with Crippen LogP contribution in [0.4, 0.5) is 0 Å². The fraction of sp³-hybridized carbons (Fsp3) is 0.0339. The zero-order valence-corrected chi connectivity index (χ0v) is 34.1. The third kappa shape index (κ3) is 5.31. The van der Waals surface area contributed by atoms with Crippen molar-refractivity contribution in [2.24, 2.45) is 4.99 Å². The Kier molecular flexibility index (Phi) is 7.85. The van der Waals surface area contributed by atoms with Crippen molar-refractivity contribution < 1.29 is 9.15 Å². The quantitative estimate of drug-likeness (QED) is 0.188. The van der Waals surface area contributed by atoms with Gasteiger partial charge in [-0.2, -0.15) is 0 Å². The van der Waals surface area contributed by atoms with E-state index in [1.165, 1.54) is 22.3 Å². The van der Waals surface area contributed by atoms with Gasteiger partial charge in [0.25, 0.3) is 0 Å². The number of hydrogen-bond acceptors (Lipinski definition) is 4. The highest BCUT2D eigenvalue weighted by atomic mass is 16.5. The van der Waals surface area contributed by atoms with Gasteiger partial charge < -0.3 is 14.5 Å². The van der Waals surface area contributed by atoms with Crippen LogP contribution >= 0.6 is 0 Å². The molecule has 0 bridgehead atoms. The van der Waals surface area contributed by atoms with Gasteiger partial charge >= 0.3 is 0 Å². The minimum Gasteiger partial charge on any atom is -0.456 e. The molecule has 13 rings (SSSR count). The van der Waals surface area contributed by atoms with Crippen LogP contribution in [-0.4, -0.2) is 5.84 Å². The van der Waals surface area contributed by atoms with E-state index in [-0.39, 0.29) is 6.04 Å². The molecule has 10 aromatic rings. The van der Waals surface area contributed by atoms with Crippen LogP contribution in [0.1, 0.15) is 45.0 Å². The first-order chi connectivity index (χ1) is 31.2. The van der Waals surface area contributed by atoms with E-state index in [0.717, 1.165) is 95.0 Å². The SMILES string of the molecule is C1=C(c2ccccc2-c2cccc3c2Oc2ccccc2C32c3ccccc3-c3ccccc32)N=C(c2ccccc2)NC1c1ccc(-c2cccc3c2oc2ccccc23)cc1. The second-order valence-electron chi connectivity index (χ2n) is 16.6. The van der Waals surface area contributed by atoms with Gasteiger partial charge in [0, 0.05) is 44.2 Å². The third-order valence-electron chi connectivity index (χ3n) is 13.2. The standard InChI is InChI=1S/C59H38N2O2/c1-2-16-39(17-3-1)58-60-52(38-34-32-37(33-35-38)40-23-14-24-47-45-22-8-12-30-54(45)62-56(40)47)36-53(61-58)44-21-5-4-18-41(44)46-25-15-29-51-57(46)63-55-31-13-11-28-50(55)59(51)48-26-9-6-19-42(48)43-20-7-10-27-49(43)59/h1-36,52H,(H,60,61). The van der Waals surface area contributed by atoms with Crippen LogP contribution in [0, 0.1) is 0 Å². The van der Waals surface area contributed by atoms with Gasteiger partial charge in [0.15, 0.2) is 0 Å². The Morgan fingerprint density at radius 3 is 1.81 bits per heavy atom. The monoisotopic (exact) mass is 806 g/mol. The molecule has 1 aliphatic carbocycles. The summed E-state index contributed by atoms with van der Waals surface area (Å²) in [4.78, 5) is 5.40. The third-order valence-corrected chi connectivity index (χ3v) is 13.2. The normalized spacial score (nSPS) is 15.4. The smallest absolute Gasteiger partial charge is 0.143 e. The second-order valence-corrected chi connectivity index (χ2v) is 16.6. The van der Waals surface area contributed by atoms with Crippen LogP contribution in [-0.2, 0) is 5.41 Å². The Hall–Kier alpha value is -8.21. The zero-order valence-electron chi connectivity index (χ0n) is 34.1. The molecule has 4 nitrogen and oxygen atoms in total. The van der Waals surface area contributed by atoms with Gasteiger partial charge in [-0.1, -0.05) is 200 Å². The lowest BCUT2D eigenvalue weighted by Crippen LogP contribution is -2.32. The molecule has 0 fully saturated rings. The van der Waals surface area contributed by atoms with E-state index >= 15 is 0 Å². The van der Waals surface area contributed by atoms with Gasteiger partial charge in [0.1, 0.15) is 28.5 Å². The van der Waals surface area contributed by atoms with E-state index < -0.39 is 5.41 Å². The summed E-state index contributed by atoms with van der Waals surface area (Å²) in [5.74, 6) is 2.55. The highest BCUT2D eigenvalue weighted by Gasteiger charge is 2.51. The second kappa shape index (κ2) is 13.9. The number of amidine groups is 1. The molecule has 2 aliphatic heterocycles. The van der Waals surface area contributed by atoms with Crippen LogP contribution in [0.2, 0.25) is 0 Å². The first-order valence-electron chi connectivity index (χ1n) is 21.6. The number of nitrogens with zero attached hydrogens (tertiary/aromatic N) is 1. The Labute approximate surface area is 365 Å². The summed E-state index contributed by atoms with van der Waals surface area (Å²) in [5.41, 5.74) is 16.9. The molecule has 0 amide bonds. The number of benzene rings is 9. The van der Waals surface area contributed by atoms with Crippen LogP contribution in [0.5, 0.6) is 11.5 Å². The van der Waals surface area contributed by atoms with Crippen molar-refractivity contribution in [1.82, 2.24) is 5.32 Å². The number of hydrogen-bond donors (Lipinski definition) is 1. The summed E-state index contributed by atoms with van der Waals surface area (Å²) in [5, 5.41) is 6.05. The maximum Gasteiger partial charge on any atom is 0.143 e. The lowest BCUT2D eigenvalue weighted by Gasteiger charge is -2.40. The van der Waals surface area contributed by atoms with Crippen molar-refractivity contribution in [2.75, 3.05) is 0 Å². The lowest BCUT2D eigenvalue weighted by molar-refractivity contribution is 0.438. The molecule has 3 heterocycles. The predicted octanol–water partition coefficient (Wildman–Crippen LogP) is 14.5. The van der Waals surface area contributed by atoms with E-state index in [2.05, 4.69) is 206 Å². The number of nitrogens with one attached hydrogen (secondary N) is 1. The largest absolute Gasteiger partial charge is 0.456 e. The number of ether oxygens (including phenoxy) is 1. The number of para-hydroxylation sites is 4. The summed E-state index contributed by atoms with van der Waals surface area (Å²) < 4.78 is 13.5. The van der Waals surface area contributed by atoms with Gasteiger partial charge in [0.2, 0.25) is 0 Å². The molecule has 1 unspecified atom stereocenters.